The summed E-state index contributed by atoms with van der Waals surface area (Å²) in [6.45, 7) is 6.18. The van der Waals surface area contributed by atoms with Crippen LogP contribution in [0.25, 0.3) is 0 Å². The maximum Gasteiger partial charge on any atom is 0.0936 e. The van der Waals surface area contributed by atoms with Crippen LogP contribution in [0, 0.1) is 5.92 Å². The molecule has 4 atom stereocenters. The van der Waals surface area contributed by atoms with E-state index in [0.717, 1.165) is 6.42 Å². The second-order valence-electron chi connectivity index (χ2n) is 4.92. The lowest BCUT2D eigenvalue weighted by Gasteiger charge is -2.33. The van der Waals surface area contributed by atoms with Crippen LogP contribution in [0.3, 0.4) is 0 Å². The van der Waals surface area contributed by atoms with Crippen molar-refractivity contribution in [3.63, 3.8) is 0 Å². The van der Waals surface area contributed by atoms with Crippen LogP contribution >= 0.6 is 11.6 Å². The highest BCUT2D eigenvalue weighted by molar-refractivity contribution is 6.21. The Balaban J connectivity index is 2.32. The van der Waals surface area contributed by atoms with E-state index in [9.17, 15) is 5.11 Å². The molecule has 1 N–H and O–H groups in total. The smallest absolute Gasteiger partial charge is 0.0936 e. The van der Waals surface area contributed by atoms with E-state index in [1.54, 1.807) is 0 Å². The van der Waals surface area contributed by atoms with Crippen molar-refractivity contribution in [1.82, 2.24) is 0 Å². The molecule has 0 saturated carbocycles. The zero-order chi connectivity index (χ0) is 9.85. The van der Waals surface area contributed by atoms with Gasteiger partial charge in [0.05, 0.1) is 22.7 Å². The number of fused-ring (bicyclic) bond motifs is 2. The Morgan fingerprint density at radius 2 is 2.08 bits per heavy atom. The fourth-order valence-corrected chi connectivity index (χ4v) is 3.37. The molecule has 2 bridgehead atoms. The molecule has 0 radical (unpaired) electrons. The van der Waals surface area contributed by atoms with Crippen molar-refractivity contribution in [3.8, 4) is 0 Å². The Kier molecular flexibility index (Phi) is 1.96. The van der Waals surface area contributed by atoms with E-state index < -0.39 is 5.60 Å². The first-order valence-corrected chi connectivity index (χ1v) is 5.37. The lowest BCUT2D eigenvalue weighted by molar-refractivity contribution is -0.0796. The number of ether oxygens (including phenoxy) is 1. The van der Waals surface area contributed by atoms with Gasteiger partial charge in [-0.2, -0.15) is 0 Å². The van der Waals surface area contributed by atoms with Gasteiger partial charge in [0, 0.05) is 6.42 Å². The van der Waals surface area contributed by atoms with Gasteiger partial charge in [-0.25, -0.2) is 0 Å². The SMILES string of the molecule is CC(C)[C@]12C[C@@H](O)[C@](C)(C[C@@H]1Cl)O2. The Hall–Kier alpha value is 0.210. The molecular formula is C10H17ClO2. The number of rotatable bonds is 1. The largest absolute Gasteiger partial charge is 0.390 e. The highest BCUT2D eigenvalue weighted by Crippen LogP contribution is 2.55. The number of hydrogen-bond acceptors (Lipinski definition) is 2. The summed E-state index contributed by atoms with van der Waals surface area (Å²) in [6.07, 6.45) is 1.12. The fourth-order valence-electron chi connectivity index (χ4n) is 2.68. The van der Waals surface area contributed by atoms with E-state index in [2.05, 4.69) is 13.8 Å². The Morgan fingerprint density at radius 1 is 1.46 bits per heavy atom. The average Bonchev–Trinajstić information content (AvgIpc) is 2.37. The van der Waals surface area contributed by atoms with Crippen LogP contribution in [0.15, 0.2) is 0 Å². The van der Waals surface area contributed by atoms with Crippen molar-refractivity contribution in [2.75, 3.05) is 0 Å². The van der Waals surface area contributed by atoms with E-state index in [1.165, 1.54) is 0 Å². The third-order valence-electron chi connectivity index (χ3n) is 3.73. The van der Waals surface area contributed by atoms with E-state index in [4.69, 9.17) is 16.3 Å². The zero-order valence-electron chi connectivity index (χ0n) is 8.38. The molecule has 0 aromatic heterocycles. The topological polar surface area (TPSA) is 29.5 Å². The molecule has 2 aliphatic rings. The molecule has 0 amide bonds. The van der Waals surface area contributed by atoms with Crippen molar-refractivity contribution in [2.45, 2.75) is 56.3 Å². The lowest BCUT2D eigenvalue weighted by Crippen LogP contribution is -2.44. The first-order valence-electron chi connectivity index (χ1n) is 4.93. The van der Waals surface area contributed by atoms with E-state index in [-0.39, 0.29) is 17.1 Å². The highest BCUT2D eigenvalue weighted by Gasteiger charge is 2.64. The molecule has 0 aliphatic carbocycles. The maximum atomic E-state index is 9.83. The summed E-state index contributed by atoms with van der Waals surface area (Å²) in [4.78, 5) is 0. The van der Waals surface area contributed by atoms with Crippen LogP contribution in [-0.2, 0) is 4.74 Å². The second kappa shape index (κ2) is 2.62. The number of aliphatic hydroxyl groups is 1. The summed E-state index contributed by atoms with van der Waals surface area (Å²) < 4.78 is 5.95. The average molecular weight is 205 g/mol. The van der Waals surface area contributed by atoms with Gasteiger partial charge in [-0.05, 0) is 19.3 Å². The van der Waals surface area contributed by atoms with Crippen molar-refractivity contribution in [1.29, 1.82) is 0 Å². The van der Waals surface area contributed by atoms with E-state index in [1.807, 2.05) is 6.92 Å². The number of alkyl halides is 1. The number of hydrogen-bond donors (Lipinski definition) is 1. The minimum atomic E-state index is -0.392. The molecule has 0 spiro atoms. The van der Waals surface area contributed by atoms with Gasteiger partial charge in [0.2, 0.25) is 0 Å². The summed E-state index contributed by atoms with van der Waals surface area (Å²) in [7, 11) is 0. The van der Waals surface area contributed by atoms with Gasteiger partial charge in [-0.3, -0.25) is 0 Å². The second-order valence-corrected chi connectivity index (χ2v) is 5.44. The van der Waals surface area contributed by atoms with E-state index >= 15 is 0 Å². The fraction of sp³-hybridized carbons (Fsp3) is 1.00. The molecule has 2 rings (SSSR count). The molecule has 2 aliphatic heterocycles. The van der Waals surface area contributed by atoms with Crippen molar-refractivity contribution < 1.29 is 9.84 Å². The summed E-state index contributed by atoms with van der Waals surface area (Å²) in [5.41, 5.74) is -0.674. The van der Waals surface area contributed by atoms with E-state index in [0.29, 0.717) is 12.3 Å². The molecule has 0 aromatic rings. The quantitative estimate of drug-likeness (QED) is 0.662. The minimum Gasteiger partial charge on any atom is -0.390 e. The van der Waals surface area contributed by atoms with Gasteiger partial charge in [0.1, 0.15) is 0 Å². The van der Waals surface area contributed by atoms with Crippen LogP contribution in [0.4, 0.5) is 0 Å². The lowest BCUT2D eigenvalue weighted by atomic mass is 9.75. The van der Waals surface area contributed by atoms with Crippen LogP contribution < -0.4 is 0 Å². The molecule has 2 nitrogen and oxygen atoms in total. The zero-order valence-corrected chi connectivity index (χ0v) is 9.14. The van der Waals surface area contributed by atoms with Gasteiger partial charge >= 0.3 is 0 Å². The first kappa shape index (κ1) is 9.75. The summed E-state index contributed by atoms with van der Waals surface area (Å²) >= 11 is 6.28. The van der Waals surface area contributed by atoms with Crippen LogP contribution in [-0.4, -0.2) is 27.8 Å². The highest BCUT2D eigenvalue weighted by atomic mass is 35.5. The van der Waals surface area contributed by atoms with Crippen LogP contribution in [0.5, 0.6) is 0 Å². The van der Waals surface area contributed by atoms with Gasteiger partial charge < -0.3 is 9.84 Å². The first-order chi connectivity index (χ1) is 5.91. The monoisotopic (exact) mass is 204 g/mol. The molecule has 2 saturated heterocycles. The van der Waals surface area contributed by atoms with Gasteiger partial charge in [0.25, 0.3) is 0 Å². The Labute approximate surface area is 84.2 Å². The predicted molar refractivity (Wildman–Crippen MR) is 51.9 cm³/mol. The normalized spacial score (nSPS) is 54.9. The minimum absolute atomic E-state index is 0.0564. The summed E-state index contributed by atoms with van der Waals surface area (Å²) in [5.74, 6) is 0.369. The van der Waals surface area contributed by atoms with Gasteiger partial charge in [-0.15, -0.1) is 11.6 Å². The Bertz CT molecular complexity index is 231. The molecule has 13 heavy (non-hydrogen) atoms. The molecule has 0 aromatic carbocycles. The van der Waals surface area contributed by atoms with Crippen LogP contribution in [0.1, 0.15) is 33.6 Å². The number of aliphatic hydroxyl groups excluding tert-OH is 1. The molecule has 76 valence electrons. The number of halogens is 1. The third-order valence-corrected chi connectivity index (χ3v) is 4.26. The predicted octanol–water partition coefficient (Wildman–Crippen LogP) is 1.93. The summed E-state index contributed by atoms with van der Waals surface area (Å²) in [5, 5.41) is 9.88. The standard InChI is InChI=1S/C10H17ClO2/c1-6(2)10-5-8(12)9(3,13-10)4-7(10)11/h6-8,12H,4-5H2,1-3H3/t7-,8+,9-,10+/m0/s1. The van der Waals surface area contributed by atoms with Gasteiger partial charge in [-0.1, -0.05) is 13.8 Å². The third kappa shape index (κ3) is 1.09. The van der Waals surface area contributed by atoms with Crippen LogP contribution in [0.2, 0.25) is 0 Å². The molecule has 2 heterocycles. The Morgan fingerprint density at radius 3 is 2.38 bits per heavy atom. The van der Waals surface area contributed by atoms with Crippen molar-refractivity contribution in [2.24, 2.45) is 5.92 Å². The summed E-state index contributed by atoms with van der Waals surface area (Å²) in [6, 6.07) is 0. The van der Waals surface area contributed by atoms with Crippen molar-refractivity contribution >= 4 is 11.6 Å². The maximum absolute atomic E-state index is 9.83. The molecule has 2 fully saturated rings. The molecular weight excluding hydrogens is 188 g/mol. The van der Waals surface area contributed by atoms with Crippen molar-refractivity contribution in [3.05, 3.63) is 0 Å². The molecule has 3 heteroatoms. The van der Waals surface area contributed by atoms with Gasteiger partial charge in [0.15, 0.2) is 0 Å². The molecule has 0 unspecified atom stereocenters.